The number of rotatable bonds is 7. The normalized spacial score (nSPS) is 14.9. The van der Waals surface area contributed by atoms with Gasteiger partial charge in [0.25, 0.3) is 5.91 Å². The van der Waals surface area contributed by atoms with Gasteiger partial charge in [0.15, 0.2) is 5.54 Å². The van der Waals surface area contributed by atoms with Crippen molar-refractivity contribution < 1.29 is 32.0 Å². The van der Waals surface area contributed by atoms with E-state index in [1.165, 1.54) is 26.1 Å². The van der Waals surface area contributed by atoms with Crippen LogP contribution >= 0.6 is 11.6 Å². The molecule has 1 unspecified atom stereocenters. The van der Waals surface area contributed by atoms with Crippen LogP contribution in [0.2, 0.25) is 5.02 Å². The number of carbonyl (C=O) groups is 2. The third-order valence-corrected chi connectivity index (χ3v) is 6.17. The van der Waals surface area contributed by atoms with E-state index in [2.05, 4.69) is 36.0 Å². The van der Waals surface area contributed by atoms with E-state index in [-0.39, 0.29) is 64.1 Å². The van der Waals surface area contributed by atoms with Gasteiger partial charge in [-0.15, -0.1) is 10.2 Å². The molecule has 2 amide bonds. The summed E-state index contributed by atoms with van der Waals surface area (Å²) in [7, 11) is 0. The maximum Gasteiger partial charge on any atom is 0.309 e. The molecule has 2 N–H and O–H groups in total. The van der Waals surface area contributed by atoms with Crippen molar-refractivity contribution in [3.63, 3.8) is 0 Å². The number of benzene rings is 1. The highest BCUT2D eigenvalue weighted by Gasteiger charge is 2.48. The van der Waals surface area contributed by atoms with Gasteiger partial charge >= 0.3 is 11.8 Å². The van der Waals surface area contributed by atoms with Crippen molar-refractivity contribution >= 4 is 23.4 Å². The highest BCUT2D eigenvalue weighted by Crippen LogP contribution is 2.36. The van der Waals surface area contributed by atoms with E-state index in [9.17, 15) is 14.0 Å². The van der Waals surface area contributed by atoms with Gasteiger partial charge in [0.1, 0.15) is 11.6 Å². The Morgan fingerprint density at radius 1 is 1.10 bits per heavy atom. The molecule has 202 valence electrons. The molecule has 39 heavy (non-hydrogen) atoms. The zero-order valence-corrected chi connectivity index (χ0v) is 21.5. The Morgan fingerprint density at radius 3 is 2.46 bits per heavy atom. The second-order valence-corrected chi connectivity index (χ2v) is 9.33. The van der Waals surface area contributed by atoms with Crippen molar-refractivity contribution in [1.82, 2.24) is 36.0 Å². The molecule has 15 heteroatoms. The first kappa shape index (κ1) is 26.3. The highest BCUT2D eigenvalue weighted by molar-refractivity contribution is 6.31. The summed E-state index contributed by atoms with van der Waals surface area (Å²) in [5, 5.41) is 16.2. The molecule has 4 aromatic rings. The summed E-state index contributed by atoms with van der Waals surface area (Å²) in [6, 6.07) is 2.73. The SMILES string of the molecule is Cc1nc(-c2c(F)cc(Cl)cc2-c2cnc(C(C)NC(=O)C3(NC(=O)c4nnc(C)o4)COC3)c(F)c2)no1. The van der Waals surface area contributed by atoms with Gasteiger partial charge in [-0.2, -0.15) is 4.98 Å². The van der Waals surface area contributed by atoms with E-state index in [0.29, 0.717) is 0 Å². The van der Waals surface area contributed by atoms with Gasteiger partial charge in [-0.05, 0) is 30.7 Å². The number of halogens is 3. The molecule has 0 aliphatic carbocycles. The van der Waals surface area contributed by atoms with E-state index in [0.717, 1.165) is 12.1 Å². The van der Waals surface area contributed by atoms with Gasteiger partial charge in [0, 0.05) is 30.6 Å². The minimum absolute atomic E-state index is 0.0347. The van der Waals surface area contributed by atoms with Crippen molar-refractivity contribution in [2.45, 2.75) is 32.4 Å². The van der Waals surface area contributed by atoms with Crippen LogP contribution in [0.5, 0.6) is 0 Å². The molecule has 1 aromatic carbocycles. The minimum Gasteiger partial charge on any atom is -0.417 e. The Kier molecular flexibility index (Phi) is 6.82. The molecule has 5 rings (SSSR count). The van der Waals surface area contributed by atoms with E-state index >= 15 is 4.39 Å². The molecule has 1 saturated heterocycles. The molecular formula is C24H20ClF2N7O5. The molecule has 0 radical (unpaired) electrons. The standard InChI is InChI=1S/C24H20ClF2N7O5/c1-10(29-23(36)24(8-37-9-24)31-21(35)22-33-32-12(3)38-22)19-17(27)4-13(7-28-19)15-5-14(25)6-16(26)18(15)20-30-11(2)39-34-20/h4-7,10H,8-9H2,1-3H3,(H,29,36)(H,31,35). The number of nitrogens with zero attached hydrogens (tertiary/aromatic N) is 5. The molecule has 1 fully saturated rings. The first-order chi connectivity index (χ1) is 18.6. The number of amides is 2. The van der Waals surface area contributed by atoms with Gasteiger partial charge in [0.2, 0.25) is 17.6 Å². The van der Waals surface area contributed by atoms with Gasteiger partial charge in [-0.25, -0.2) is 8.78 Å². The molecule has 1 aliphatic heterocycles. The number of hydrogen-bond acceptors (Lipinski definition) is 10. The van der Waals surface area contributed by atoms with Gasteiger partial charge < -0.3 is 24.3 Å². The summed E-state index contributed by atoms with van der Waals surface area (Å²) in [6.07, 6.45) is 1.31. The highest BCUT2D eigenvalue weighted by atomic mass is 35.5. The molecule has 0 spiro atoms. The number of ether oxygens (including phenoxy) is 1. The summed E-state index contributed by atoms with van der Waals surface area (Å²) in [5.74, 6) is -2.83. The Hall–Kier alpha value is -4.30. The lowest BCUT2D eigenvalue weighted by Crippen LogP contribution is -2.70. The van der Waals surface area contributed by atoms with E-state index in [1.807, 2.05) is 0 Å². The Balaban J connectivity index is 1.37. The van der Waals surface area contributed by atoms with Crippen LogP contribution in [0.1, 0.15) is 41.1 Å². The number of pyridine rings is 1. The maximum atomic E-state index is 15.3. The van der Waals surface area contributed by atoms with Crippen LogP contribution < -0.4 is 10.6 Å². The molecule has 12 nitrogen and oxygen atoms in total. The number of aromatic nitrogens is 5. The van der Waals surface area contributed by atoms with Crippen LogP contribution in [-0.2, 0) is 9.53 Å². The van der Waals surface area contributed by atoms with Crippen LogP contribution in [0.25, 0.3) is 22.5 Å². The summed E-state index contributed by atoms with van der Waals surface area (Å²) in [5.41, 5.74) is -1.16. The average molecular weight is 560 g/mol. The summed E-state index contributed by atoms with van der Waals surface area (Å²) >= 11 is 6.06. The van der Waals surface area contributed by atoms with E-state index in [4.69, 9.17) is 25.3 Å². The van der Waals surface area contributed by atoms with Crippen LogP contribution in [0.15, 0.2) is 33.3 Å². The van der Waals surface area contributed by atoms with Crippen molar-refractivity contribution in [1.29, 1.82) is 0 Å². The fourth-order valence-electron chi connectivity index (χ4n) is 3.97. The third-order valence-electron chi connectivity index (χ3n) is 5.95. The summed E-state index contributed by atoms with van der Waals surface area (Å²) in [4.78, 5) is 33.8. The minimum atomic E-state index is -1.42. The lowest BCUT2D eigenvalue weighted by atomic mass is 9.95. The van der Waals surface area contributed by atoms with E-state index in [1.54, 1.807) is 6.92 Å². The average Bonchev–Trinajstić information content (AvgIpc) is 3.48. The van der Waals surface area contributed by atoms with Crippen LogP contribution in [-0.4, -0.2) is 55.9 Å². The monoisotopic (exact) mass is 559 g/mol. The van der Waals surface area contributed by atoms with Crippen LogP contribution in [0.3, 0.4) is 0 Å². The topological polar surface area (TPSA) is 158 Å². The second-order valence-electron chi connectivity index (χ2n) is 8.89. The number of nitrogens with one attached hydrogen (secondary N) is 2. The van der Waals surface area contributed by atoms with Crippen molar-refractivity contribution in [3.8, 4) is 22.5 Å². The molecular weight excluding hydrogens is 540 g/mol. The van der Waals surface area contributed by atoms with E-state index < -0.39 is 35.0 Å². The lowest BCUT2D eigenvalue weighted by molar-refractivity contribution is -0.147. The number of aryl methyl sites for hydroxylation is 2. The largest absolute Gasteiger partial charge is 0.417 e. The summed E-state index contributed by atoms with van der Waals surface area (Å²) in [6.45, 7) is 4.36. The smallest absolute Gasteiger partial charge is 0.309 e. The molecule has 3 aromatic heterocycles. The van der Waals surface area contributed by atoms with Crippen molar-refractivity contribution in [3.05, 3.63) is 64.4 Å². The van der Waals surface area contributed by atoms with Gasteiger partial charge in [-0.3, -0.25) is 14.6 Å². The number of hydrogen-bond donors (Lipinski definition) is 2. The fourth-order valence-corrected chi connectivity index (χ4v) is 4.18. The molecule has 0 saturated carbocycles. The molecule has 1 aliphatic rings. The molecule has 0 bridgehead atoms. The number of carbonyl (C=O) groups excluding carboxylic acids is 2. The fraction of sp³-hybridized carbons (Fsp3) is 0.292. The van der Waals surface area contributed by atoms with Crippen LogP contribution in [0, 0.1) is 25.5 Å². The van der Waals surface area contributed by atoms with Gasteiger partial charge in [0.05, 0.1) is 30.5 Å². The van der Waals surface area contributed by atoms with Crippen molar-refractivity contribution in [2.75, 3.05) is 13.2 Å². The predicted molar refractivity (Wildman–Crippen MR) is 129 cm³/mol. The Morgan fingerprint density at radius 2 is 1.87 bits per heavy atom. The first-order valence-corrected chi connectivity index (χ1v) is 11.9. The quantitative estimate of drug-likeness (QED) is 0.344. The predicted octanol–water partition coefficient (Wildman–Crippen LogP) is 3.11. The third kappa shape index (κ3) is 5.07. The Labute approximate surface area is 224 Å². The molecule has 4 heterocycles. The first-order valence-electron chi connectivity index (χ1n) is 11.5. The second kappa shape index (κ2) is 10.1. The zero-order valence-electron chi connectivity index (χ0n) is 20.7. The van der Waals surface area contributed by atoms with Crippen LogP contribution in [0.4, 0.5) is 8.78 Å². The van der Waals surface area contributed by atoms with Crippen molar-refractivity contribution in [2.24, 2.45) is 0 Å². The van der Waals surface area contributed by atoms with Gasteiger partial charge in [-0.1, -0.05) is 16.8 Å². The molecule has 1 atom stereocenters. The Bertz CT molecular complexity index is 1590. The zero-order chi connectivity index (χ0) is 27.9. The maximum absolute atomic E-state index is 15.3. The lowest BCUT2D eigenvalue weighted by Gasteiger charge is -2.40. The summed E-state index contributed by atoms with van der Waals surface area (Å²) < 4.78 is 45.4.